The van der Waals surface area contributed by atoms with Crippen LogP contribution in [0.5, 0.6) is 5.75 Å². The second kappa shape index (κ2) is 6.76. The molecule has 1 heteroatoms. The molecule has 0 N–H and O–H groups in total. The van der Waals surface area contributed by atoms with E-state index in [0.29, 0.717) is 0 Å². The molecule has 0 unspecified atom stereocenters. The summed E-state index contributed by atoms with van der Waals surface area (Å²) in [6, 6.07) is 11.5. The molecule has 0 saturated heterocycles. The molecule has 1 aliphatic heterocycles. The van der Waals surface area contributed by atoms with Crippen molar-refractivity contribution in [1.82, 2.24) is 0 Å². The molecule has 0 fully saturated rings. The third kappa shape index (κ3) is 3.54. The van der Waals surface area contributed by atoms with Crippen molar-refractivity contribution in [2.24, 2.45) is 0 Å². The van der Waals surface area contributed by atoms with Crippen LogP contribution in [0.3, 0.4) is 0 Å². The van der Waals surface area contributed by atoms with E-state index >= 15 is 0 Å². The molecule has 0 bridgehead atoms. The molecular weight excluding hydrogens is 316 g/mol. The fourth-order valence-electron chi connectivity index (χ4n) is 4.07. The van der Waals surface area contributed by atoms with Crippen molar-refractivity contribution >= 4 is 0 Å². The lowest BCUT2D eigenvalue weighted by Gasteiger charge is -2.38. The summed E-state index contributed by atoms with van der Waals surface area (Å²) in [4.78, 5) is 0. The number of rotatable bonds is 4. The van der Waals surface area contributed by atoms with Crippen molar-refractivity contribution in [3.63, 3.8) is 0 Å². The number of unbranched alkanes of at least 4 members (excludes halogenated alkanes) is 2. The van der Waals surface area contributed by atoms with Gasteiger partial charge in [0, 0.05) is 11.1 Å². The highest BCUT2D eigenvalue weighted by Gasteiger charge is 2.35. The van der Waals surface area contributed by atoms with Gasteiger partial charge in [-0.25, -0.2) is 0 Å². The van der Waals surface area contributed by atoms with E-state index in [4.69, 9.17) is 4.74 Å². The minimum absolute atomic E-state index is 0.0801. The SMILES string of the molecule is CCCCCc1cc2c(c(C(C)(C)C)c1)-c1cc(C)ccc1C(C)(C)O2. The topological polar surface area (TPSA) is 9.23 Å². The number of aryl methyl sites for hydroxylation is 2. The molecule has 0 aromatic heterocycles. The Morgan fingerprint density at radius 1 is 1.00 bits per heavy atom. The minimum Gasteiger partial charge on any atom is -0.482 e. The van der Waals surface area contributed by atoms with E-state index in [9.17, 15) is 0 Å². The van der Waals surface area contributed by atoms with Crippen LogP contribution in [0.25, 0.3) is 11.1 Å². The fraction of sp³-hybridized carbons (Fsp3) is 0.520. The second-order valence-electron chi connectivity index (χ2n) is 9.39. The van der Waals surface area contributed by atoms with Gasteiger partial charge in [-0.1, -0.05) is 70.4 Å². The van der Waals surface area contributed by atoms with Crippen molar-refractivity contribution in [2.75, 3.05) is 0 Å². The lowest BCUT2D eigenvalue weighted by Crippen LogP contribution is -2.30. The summed E-state index contributed by atoms with van der Waals surface area (Å²) in [6.07, 6.45) is 4.93. The van der Waals surface area contributed by atoms with Crippen LogP contribution in [-0.4, -0.2) is 0 Å². The summed E-state index contributed by atoms with van der Waals surface area (Å²) >= 11 is 0. The molecule has 2 aromatic carbocycles. The molecule has 0 radical (unpaired) electrons. The van der Waals surface area contributed by atoms with Gasteiger partial charge in [0.25, 0.3) is 0 Å². The van der Waals surface area contributed by atoms with Crippen LogP contribution in [0.15, 0.2) is 30.3 Å². The van der Waals surface area contributed by atoms with E-state index < -0.39 is 0 Å². The maximum absolute atomic E-state index is 6.57. The molecule has 2 aromatic rings. The van der Waals surface area contributed by atoms with E-state index in [1.165, 1.54) is 52.6 Å². The number of fused-ring (bicyclic) bond motifs is 3. The third-order valence-corrected chi connectivity index (χ3v) is 5.50. The third-order valence-electron chi connectivity index (χ3n) is 5.50. The zero-order valence-electron chi connectivity index (χ0n) is 17.6. The van der Waals surface area contributed by atoms with E-state index in [0.717, 1.165) is 12.2 Å². The monoisotopic (exact) mass is 350 g/mol. The molecule has 0 saturated carbocycles. The van der Waals surface area contributed by atoms with Gasteiger partial charge in [-0.05, 0) is 61.8 Å². The van der Waals surface area contributed by atoms with Gasteiger partial charge in [0.15, 0.2) is 0 Å². The lowest BCUT2D eigenvalue weighted by molar-refractivity contribution is 0.105. The molecule has 1 heterocycles. The molecule has 0 atom stereocenters. The first-order chi connectivity index (χ1) is 12.1. The van der Waals surface area contributed by atoms with Crippen molar-refractivity contribution in [2.45, 2.75) is 85.2 Å². The Morgan fingerprint density at radius 2 is 1.73 bits per heavy atom. The van der Waals surface area contributed by atoms with Crippen LogP contribution in [0.1, 0.15) is 83.1 Å². The molecule has 0 amide bonds. The Labute approximate surface area is 159 Å². The Balaban J connectivity index is 2.22. The average Bonchev–Trinajstić information content (AvgIpc) is 2.52. The average molecular weight is 351 g/mol. The van der Waals surface area contributed by atoms with Gasteiger partial charge in [0.2, 0.25) is 0 Å². The lowest BCUT2D eigenvalue weighted by atomic mass is 9.76. The predicted molar refractivity (Wildman–Crippen MR) is 112 cm³/mol. The summed E-state index contributed by atoms with van der Waals surface area (Å²) in [5.74, 6) is 1.06. The minimum atomic E-state index is -0.298. The highest BCUT2D eigenvalue weighted by atomic mass is 16.5. The second-order valence-corrected chi connectivity index (χ2v) is 9.39. The number of hydrogen-bond donors (Lipinski definition) is 0. The largest absolute Gasteiger partial charge is 0.482 e. The molecule has 0 aliphatic carbocycles. The zero-order valence-corrected chi connectivity index (χ0v) is 17.6. The maximum atomic E-state index is 6.57. The van der Waals surface area contributed by atoms with Crippen molar-refractivity contribution in [3.8, 4) is 16.9 Å². The predicted octanol–water partition coefficient (Wildman–Crippen LogP) is 7.32. The van der Waals surface area contributed by atoms with Crippen LogP contribution in [0.4, 0.5) is 0 Å². The van der Waals surface area contributed by atoms with Gasteiger partial charge in [-0.3, -0.25) is 0 Å². The summed E-state index contributed by atoms with van der Waals surface area (Å²) in [5, 5.41) is 0. The normalized spacial score (nSPS) is 15.2. The quantitative estimate of drug-likeness (QED) is 0.525. The van der Waals surface area contributed by atoms with Gasteiger partial charge < -0.3 is 4.74 Å². The van der Waals surface area contributed by atoms with Crippen LogP contribution >= 0.6 is 0 Å². The van der Waals surface area contributed by atoms with E-state index in [-0.39, 0.29) is 11.0 Å². The van der Waals surface area contributed by atoms with Gasteiger partial charge >= 0.3 is 0 Å². The van der Waals surface area contributed by atoms with Gasteiger partial charge in [0.1, 0.15) is 11.4 Å². The number of benzene rings is 2. The molecule has 140 valence electrons. The van der Waals surface area contributed by atoms with Crippen LogP contribution in [0.2, 0.25) is 0 Å². The molecule has 3 rings (SSSR count). The first-order valence-corrected chi connectivity index (χ1v) is 10.1. The highest BCUT2D eigenvalue weighted by molar-refractivity contribution is 5.81. The van der Waals surface area contributed by atoms with Crippen molar-refractivity contribution in [3.05, 3.63) is 52.6 Å². The van der Waals surface area contributed by atoms with E-state index in [1.807, 2.05) is 0 Å². The standard InChI is InChI=1S/C25H34O/c1-8-9-10-11-18-15-21(24(3,4)5)23-19-14-17(2)12-13-20(19)25(6,7)26-22(23)16-18/h12-16H,8-11H2,1-7H3. The van der Waals surface area contributed by atoms with Crippen LogP contribution < -0.4 is 4.74 Å². The first-order valence-electron chi connectivity index (χ1n) is 10.1. The molecule has 26 heavy (non-hydrogen) atoms. The van der Waals surface area contributed by atoms with Crippen LogP contribution in [0, 0.1) is 6.92 Å². The maximum Gasteiger partial charge on any atom is 0.129 e. The summed E-state index contributed by atoms with van der Waals surface area (Å²) < 4.78 is 6.57. The van der Waals surface area contributed by atoms with E-state index in [1.54, 1.807) is 0 Å². The molecule has 1 aliphatic rings. The molecule has 1 nitrogen and oxygen atoms in total. The van der Waals surface area contributed by atoms with Gasteiger partial charge in [0.05, 0.1) is 0 Å². The summed E-state index contributed by atoms with van der Waals surface area (Å²) in [7, 11) is 0. The Morgan fingerprint density at radius 3 is 2.38 bits per heavy atom. The molecular formula is C25H34O. The fourth-order valence-corrected chi connectivity index (χ4v) is 4.07. The zero-order chi connectivity index (χ0) is 19.1. The van der Waals surface area contributed by atoms with E-state index in [2.05, 4.69) is 78.8 Å². The van der Waals surface area contributed by atoms with Gasteiger partial charge in [-0.15, -0.1) is 0 Å². The number of ether oxygens (including phenoxy) is 1. The Kier molecular flexibility index (Phi) is 4.94. The smallest absolute Gasteiger partial charge is 0.129 e. The van der Waals surface area contributed by atoms with Crippen molar-refractivity contribution in [1.29, 1.82) is 0 Å². The summed E-state index contributed by atoms with van der Waals surface area (Å²) in [5.41, 5.74) is 7.84. The highest BCUT2D eigenvalue weighted by Crippen LogP contribution is 2.50. The van der Waals surface area contributed by atoms with Gasteiger partial charge in [-0.2, -0.15) is 0 Å². The molecule has 0 spiro atoms. The van der Waals surface area contributed by atoms with Crippen LogP contribution in [-0.2, 0) is 17.4 Å². The Hall–Kier alpha value is -1.76. The summed E-state index contributed by atoms with van der Waals surface area (Å²) in [6.45, 7) is 15.8. The number of hydrogen-bond acceptors (Lipinski definition) is 1. The van der Waals surface area contributed by atoms with Crippen molar-refractivity contribution < 1.29 is 4.74 Å². The Bertz CT molecular complexity index is 806. The first kappa shape index (κ1) is 19.0.